The first-order chi connectivity index (χ1) is 13.0. The summed E-state index contributed by atoms with van der Waals surface area (Å²) in [6, 6.07) is 16.1. The number of nitrogens with zero attached hydrogens (tertiary/aromatic N) is 1. The van der Waals surface area contributed by atoms with E-state index >= 15 is 0 Å². The number of anilines is 2. The Hall–Kier alpha value is -3.12. The molecule has 2 amide bonds. The van der Waals surface area contributed by atoms with Gasteiger partial charge < -0.3 is 15.0 Å². The zero-order valence-electron chi connectivity index (χ0n) is 14.9. The number of fused-ring (bicyclic) bond motifs is 2. The van der Waals surface area contributed by atoms with Crippen LogP contribution in [0.3, 0.4) is 0 Å². The predicted octanol–water partition coefficient (Wildman–Crippen LogP) is 5.16. The van der Waals surface area contributed by atoms with Crippen LogP contribution in [0.25, 0.3) is 0 Å². The summed E-state index contributed by atoms with van der Waals surface area (Å²) in [5.74, 6) is 0.810. The highest BCUT2D eigenvalue weighted by Crippen LogP contribution is 2.41. The van der Waals surface area contributed by atoms with Gasteiger partial charge in [-0.05, 0) is 55.6 Å². The maximum absolute atomic E-state index is 13.1. The van der Waals surface area contributed by atoms with Crippen LogP contribution in [0.4, 0.5) is 11.4 Å². The highest BCUT2D eigenvalue weighted by Gasteiger charge is 2.30. The molecule has 0 fully saturated rings. The summed E-state index contributed by atoms with van der Waals surface area (Å²) >= 11 is 1.38. The summed E-state index contributed by atoms with van der Waals surface area (Å²) in [5, 5.41) is 4.75. The highest BCUT2D eigenvalue weighted by atomic mass is 32.1. The van der Waals surface area contributed by atoms with E-state index in [0.717, 1.165) is 0 Å². The van der Waals surface area contributed by atoms with Gasteiger partial charge in [0.2, 0.25) is 0 Å². The Morgan fingerprint density at radius 1 is 1.07 bits per heavy atom. The molecule has 0 saturated heterocycles. The third kappa shape index (κ3) is 3.19. The lowest BCUT2D eigenvalue weighted by Gasteiger charge is -2.26. The minimum absolute atomic E-state index is 0.0748. The van der Waals surface area contributed by atoms with Crippen LogP contribution in [0.15, 0.2) is 60.0 Å². The van der Waals surface area contributed by atoms with E-state index in [-0.39, 0.29) is 17.9 Å². The van der Waals surface area contributed by atoms with Crippen LogP contribution in [-0.4, -0.2) is 17.9 Å². The summed E-state index contributed by atoms with van der Waals surface area (Å²) in [6.07, 6.45) is 0. The molecule has 0 aliphatic carbocycles. The first-order valence-electron chi connectivity index (χ1n) is 8.64. The van der Waals surface area contributed by atoms with Crippen molar-refractivity contribution in [1.29, 1.82) is 0 Å². The molecule has 1 aliphatic heterocycles. The largest absolute Gasteiger partial charge is 0.454 e. The van der Waals surface area contributed by atoms with Crippen LogP contribution >= 0.6 is 11.3 Å². The number of carbonyl (C=O) groups is 2. The second-order valence-corrected chi connectivity index (χ2v) is 7.43. The van der Waals surface area contributed by atoms with Crippen molar-refractivity contribution in [3.63, 3.8) is 0 Å². The molecule has 4 rings (SSSR count). The maximum atomic E-state index is 13.1. The van der Waals surface area contributed by atoms with E-state index in [1.165, 1.54) is 11.3 Å². The van der Waals surface area contributed by atoms with Crippen LogP contribution in [0.5, 0.6) is 11.5 Å². The lowest BCUT2D eigenvalue weighted by molar-refractivity contribution is 0.0979. The third-order valence-corrected chi connectivity index (χ3v) is 5.16. The molecule has 1 N–H and O–H groups in total. The first kappa shape index (κ1) is 17.3. The van der Waals surface area contributed by atoms with Gasteiger partial charge in [0.1, 0.15) is 5.75 Å². The summed E-state index contributed by atoms with van der Waals surface area (Å²) in [7, 11) is 0. The van der Waals surface area contributed by atoms with E-state index in [1.807, 2.05) is 37.4 Å². The summed E-state index contributed by atoms with van der Waals surface area (Å²) in [6.45, 7) is 3.90. The number of carbonyl (C=O) groups excluding carboxylic acids is 2. The van der Waals surface area contributed by atoms with E-state index in [2.05, 4.69) is 5.32 Å². The third-order valence-electron chi connectivity index (χ3n) is 4.29. The quantitative estimate of drug-likeness (QED) is 0.685. The van der Waals surface area contributed by atoms with Gasteiger partial charge in [-0.2, -0.15) is 0 Å². The fraction of sp³-hybridized carbons (Fsp3) is 0.143. The zero-order chi connectivity index (χ0) is 19.0. The lowest BCUT2D eigenvalue weighted by Crippen LogP contribution is -2.36. The second-order valence-electron chi connectivity index (χ2n) is 6.48. The molecule has 2 heterocycles. The molecule has 0 unspecified atom stereocenters. The summed E-state index contributed by atoms with van der Waals surface area (Å²) < 4.78 is 6.01. The SMILES string of the molecule is CC(C)N1C(=O)c2ccccc2Oc2ccc(NC(=O)c3cccs3)cc21. The number of para-hydroxylation sites is 1. The molecule has 27 heavy (non-hydrogen) atoms. The smallest absolute Gasteiger partial charge is 0.265 e. The zero-order valence-corrected chi connectivity index (χ0v) is 15.7. The van der Waals surface area contributed by atoms with Gasteiger partial charge in [-0.3, -0.25) is 9.59 Å². The van der Waals surface area contributed by atoms with E-state index in [9.17, 15) is 9.59 Å². The average Bonchev–Trinajstić information content (AvgIpc) is 3.15. The monoisotopic (exact) mass is 378 g/mol. The second kappa shape index (κ2) is 6.89. The van der Waals surface area contributed by atoms with Gasteiger partial charge in [-0.1, -0.05) is 18.2 Å². The minimum Gasteiger partial charge on any atom is -0.454 e. The Kier molecular flexibility index (Phi) is 4.41. The molecule has 0 saturated carbocycles. The summed E-state index contributed by atoms with van der Waals surface area (Å²) in [5.41, 5.74) is 1.77. The fourth-order valence-corrected chi connectivity index (χ4v) is 3.69. The van der Waals surface area contributed by atoms with Gasteiger partial charge in [-0.15, -0.1) is 11.3 Å². The van der Waals surface area contributed by atoms with Crippen LogP contribution < -0.4 is 15.0 Å². The number of benzene rings is 2. The molecule has 6 heteroatoms. The van der Waals surface area contributed by atoms with Gasteiger partial charge in [0.05, 0.1) is 16.1 Å². The van der Waals surface area contributed by atoms with Crippen molar-refractivity contribution in [1.82, 2.24) is 0 Å². The Bertz CT molecular complexity index is 1010. The van der Waals surface area contributed by atoms with Crippen LogP contribution in [0, 0.1) is 0 Å². The van der Waals surface area contributed by atoms with Crippen molar-refractivity contribution in [2.24, 2.45) is 0 Å². The van der Waals surface area contributed by atoms with Crippen molar-refractivity contribution >= 4 is 34.5 Å². The summed E-state index contributed by atoms with van der Waals surface area (Å²) in [4.78, 5) is 27.8. The van der Waals surface area contributed by atoms with Crippen molar-refractivity contribution in [3.8, 4) is 11.5 Å². The van der Waals surface area contributed by atoms with Crippen LogP contribution in [0.1, 0.15) is 33.9 Å². The van der Waals surface area contributed by atoms with E-state index in [0.29, 0.717) is 33.3 Å². The number of hydrogen-bond acceptors (Lipinski definition) is 4. The van der Waals surface area contributed by atoms with Crippen molar-refractivity contribution < 1.29 is 14.3 Å². The Morgan fingerprint density at radius 3 is 2.63 bits per heavy atom. The Labute approximate surface area is 161 Å². The number of hydrogen-bond donors (Lipinski definition) is 1. The molecule has 0 bridgehead atoms. The molecule has 136 valence electrons. The van der Waals surface area contributed by atoms with Gasteiger partial charge in [0.15, 0.2) is 5.75 Å². The van der Waals surface area contributed by atoms with Crippen molar-refractivity contribution in [2.45, 2.75) is 19.9 Å². The number of nitrogens with one attached hydrogen (secondary N) is 1. The van der Waals surface area contributed by atoms with Crippen LogP contribution in [-0.2, 0) is 0 Å². The molecular weight excluding hydrogens is 360 g/mol. The van der Waals surface area contributed by atoms with E-state index in [1.54, 1.807) is 41.3 Å². The molecule has 1 aliphatic rings. The van der Waals surface area contributed by atoms with Crippen LogP contribution in [0.2, 0.25) is 0 Å². The number of ether oxygens (including phenoxy) is 1. The highest BCUT2D eigenvalue weighted by molar-refractivity contribution is 7.12. The van der Waals surface area contributed by atoms with Gasteiger partial charge in [-0.25, -0.2) is 0 Å². The molecule has 0 radical (unpaired) electrons. The standard InChI is InChI=1S/C21H18N2O3S/c1-13(2)23-16-12-14(22-20(24)19-8-5-11-27-19)9-10-18(16)26-17-7-4-3-6-15(17)21(23)25/h3-13H,1-2H3,(H,22,24). The molecule has 1 aromatic heterocycles. The van der Waals surface area contributed by atoms with Crippen molar-refractivity contribution in [3.05, 3.63) is 70.4 Å². The van der Waals surface area contributed by atoms with E-state index < -0.39 is 0 Å². The van der Waals surface area contributed by atoms with Gasteiger partial charge in [0.25, 0.3) is 11.8 Å². The number of rotatable bonds is 3. The van der Waals surface area contributed by atoms with E-state index in [4.69, 9.17) is 4.74 Å². The molecule has 0 spiro atoms. The molecular formula is C21H18N2O3S. The average molecular weight is 378 g/mol. The normalized spacial score (nSPS) is 12.9. The Balaban J connectivity index is 1.75. The predicted molar refractivity (Wildman–Crippen MR) is 107 cm³/mol. The Morgan fingerprint density at radius 2 is 1.89 bits per heavy atom. The maximum Gasteiger partial charge on any atom is 0.265 e. The molecule has 2 aromatic carbocycles. The van der Waals surface area contributed by atoms with Gasteiger partial charge >= 0.3 is 0 Å². The lowest BCUT2D eigenvalue weighted by atomic mass is 10.1. The molecule has 3 aromatic rings. The van der Waals surface area contributed by atoms with Gasteiger partial charge in [0, 0.05) is 11.7 Å². The van der Waals surface area contributed by atoms with Crippen molar-refractivity contribution in [2.75, 3.05) is 10.2 Å². The number of amides is 2. The molecule has 5 nitrogen and oxygen atoms in total. The topological polar surface area (TPSA) is 58.6 Å². The fourth-order valence-electron chi connectivity index (χ4n) is 3.07. The minimum atomic E-state index is -0.176. The molecule has 0 atom stereocenters. The first-order valence-corrected chi connectivity index (χ1v) is 9.52. The number of thiophene rings is 1.